The molecular weight excluding hydrogens is 252 g/mol. The number of ether oxygens (including phenoxy) is 1. The van der Waals surface area contributed by atoms with E-state index in [1.807, 2.05) is 30.3 Å². The predicted molar refractivity (Wildman–Crippen MR) is 79.8 cm³/mol. The van der Waals surface area contributed by atoms with Crippen molar-refractivity contribution in [3.63, 3.8) is 0 Å². The van der Waals surface area contributed by atoms with Gasteiger partial charge in [-0.2, -0.15) is 0 Å². The number of likely N-dealkylation sites (N-methyl/N-ethyl adjacent to an activating group) is 1. The lowest BCUT2D eigenvalue weighted by molar-refractivity contribution is -0.127. The lowest BCUT2D eigenvalue weighted by Gasteiger charge is -2.14. The molecule has 20 heavy (non-hydrogen) atoms. The first-order valence-electron chi connectivity index (χ1n) is 6.37. The fourth-order valence-corrected chi connectivity index (χ4v) is 1.77. The summed E-state index contributed by atoms with van der Waals surface area (Å²) in [5, 5.41) is 0. The smallest absolute Gasteiger partial charge is 0.226 e. The Labute approximate surface area is 118 Å². The Hall–Kier alpha value is -2.49. The van der Waals surface area contributed by atoms with Gasteiger partial charge in [-0.15, -0.1) is 0 Å². The van der Waals surface area contributed by atoms with E-state index >= 15 is 0 Å². The summed E-state index contributed by atoms with van der Waals surface area (Å²) in [6, 6.07) is 14.8. The maximum absolute atomic E-state index is 11.9. The van der Waals surface area contributed by atoms with Crippen LogP contribution in [0.15, 0.2) is 48.5 Å². The number of amides is 1. The van der Waals surface area contributed by atoms with Gasteiger partial charge in [-0.25, -0.2) is 0 Å². The van der Waals surface area contributed by atoms with E-state index in [0.29, 0.717) is 11.4 Å². The zero-order chi connectivity index (χ0) is 14.5. The second-order valence-electron chi connectivity index (χ2n) is 4.75. The summed E-state index contributed by atoms with van der Waals surface area (Å²) in [5.74, 6) is 1.39. The monoisotopic (exact) mass is 270 g/mol. The van der Waals surface area contributed by atoms with Crippen LogP contribution in [-0.2, 0) is 11.2 Å². The van der Waals surface area contributed by atoms with Gasteiger partial charge < -0.3 is 15.4 Å². The average Bonchev–Trinajstić information content (AvgIpc) is 2.43. The minimum atomic E-state index is 0.00788. The Morgan fingerprint density at radius 1 is 1.15 bits per heavy atom. The van der Waals surface area contributed by atoms with Crippen LogP contribution in [-0.4, -0.2) is 24.9 Å². The molecule has 0 radical (unpaired) electrons. The molecule has 0 aliphatic rings. The highest BCUT2D eigenvalue weighted by atomic mass is 16.5. The molecule has 4 heteroatoms. The third kappa shape index (κ3) is 3.51. The summed E-state index contributed by atoms with van der Waals surface area (Å²) >= 11 is 0. The van der Waals surface area contributed by atoms with E-state index in [1.54, 1.807) is 37.2 Å². The maximum Gasteiger partial charge on any atom is 0.226 e. The van der Waals surface area contributed by atoms with Crippen molar-refractivity contribution in [1.29, 1.82) is 0 Å². The highest BCUT2D eigenvalue weighted by Gasteiger charge is 2.12. The number of anilines is 1. The molecule has 0 fully saturated rings. The first-order valence-corrected chi connectivity index (χ1v) is 6.37. The van der Waals surface area contributed by atoms with Crippen LogP contribution in [0.2, 0.25) is 0 Å². The molecule has 2 rings (SSSR count). The van der Waals surface area contributed by atoms with Gasteiger partial charge in [-0.05, 0) is 30.3 Å². The van der Waals surface area contributed by atoms with E-state index in [2.05, 4.69) is 0 Å². The normalized spacial score (nSPS) is 10.1. The van der Waals surface area contributed by atoms with Gasteiger partial charge in [0.15, 0.2) is 0 Å². The van der Waals surface area contributed by atoms with Gasteiger partial charge >= 0.3 is 0 Å². The van der Waals surface area contributed by atoms with E-state index in [9.17, 15) is 4.79 Å². The molecular formula is C16H18N2O2. The topological polar surface area (TPSA) is 55.6 Å². The zero-order valence-corrected chi connectivity index (χ0v) is 11.7. The molecule has 4 nitrogen and oxygen atoms in total. The number of rotatable bonds is 4. The number of nitrogens with two attached hydrogens (primary N) is 1. The summed E-state index contributed by atoms with van der Waals surface area (Å²) < 4.78 is 5.82. The van der Waals surface area contributed by atoms with Crippen LogP contribution in [0.3, 0.4) is 0 Å². The second kappa shape index (κ2) is 6.10. The quantitative estimate of drug-likeness (QED) is 0.869. The van der Waals surface area contributed by atoms with E-state index in [1.165, 1.54) is 0 Å². The molecule has 104 valence electrons. The van der Waals surface area contributed by atoms with E-state index in [-0.39, 0.29) is 12.3 Å². The second-order valence-corrected chi connectivity index (χ2v) is 4.75. The Morgan fingerprint density at radius 3 is 2.50 bits per heavy atom. The highest BCUT2D eigenvalue weighted by molar-refractivity contribution is 5.79. The van der Waals surface area contributed by atoms with E-state index in [0.717, 1.165) is 11.3 Å². The molecule has 0 aromatic heterocycles. The molecule has 2 aromatic rings. The van der Waals surface area contributed by atoms with Gasteiger partial charge in [-0.3, -0.25) is 4.79 Å². The molecule has 0 spiro atoms. The molecule has 0 saturated heterocycles. The minimum Gasteiger partial charge on any atom is -0.457 e. The third-order valence-electron chi connectivity index (χ3n) is 2.90. The van der Waals surface area contributed by atoms with Crippen molar-refractivity contribution < 1.29 is 9.53 Å². The minimum absolute atomic E-state index is 0.00788. The standard InChI is InChI=1S/C16H18N2O2/c1-18(2)16(19)11-12-10-13(17)8-9-15(12)20-14-6-4-3-5-7-14/h3-10H,11,17H2,1-2H3. The first kappa shape index (κ1) is 13.9. The SMILES string of the molecule is CN(C)C(=O)Cc1cc(N)ccc1Oc1ccccc1. The van der Waals surface area contributed by atoms with Crippen LogP contribution in [0.25, 0.3) is 0 Å². The summed E-state index contributed by atoms with van der Waals surface area (Å²) in [7, 11) is 3.46. The molecule has 0 heterocycles. The number of nitrogens with zero attached hydrogens (tertiary/aromatic N) is 1. The molecule has 2 N–H and O–H groups in total. The predicted octanol–water partition coefficient (Wildman–Crippen LogP) is 2.69. The number of carbonyl (C=O) groups is 1. The van der Waals surface area contributed by atoms with Crippen molar-refractivity contribution in [2.24, 2.45) is 0 Å². The molecule has 0 bridgehead atoms. The molecule has 1 amide bonds. The number of para-hydroxylation sites is 1. The molecule has 0 saturated carbocycles. The average molecular weight is 270 g/mol. The van der Waals surface area contributed by atoms with Gasteiger partial charge in [0.2, 0.25) is 5.91 Å². The summed E-state index contributed by atoms with van der Waals surface area (Å²) in [6.07, 6.45) is 0.264. The molecule has 0 aliphatic heterocycles. The Kier molecular flexibility index (Phi) is 4.25. The van der Waals surface area contributed by atoms with Crippen molar-refractivity contribution >= 4 is 11.6 Å². The van der Waals surface area contributed by atoms with Crippen molar-refractivity contribution in [1.82, 2.24) is 4.90 Å². The van der Waals surface area contributed by atoms with Gasteiger partial charge in [0, 0.05) is 25.3 Å². The number of carbonyl (C=O) groups excluding carboxylic acids is 1. The lowest BCUT2D eigenvalue weighted by atomic mass is 10.1. The molecule has 0 aliphatic carbocycles. The van der Waals surface area contributed by atoms with Gasteiger partial charge in [-0.1, -0.05) is 18.2 Å². The highest BCUT2D eigenvalue weighted by Crippen LogP contribution is 2.27. The van der Waals surface area contributed by atoms with Gasteiger partial charge in [0.05, 0.1) is 6.42 Å². The zero-order valence-electron chi connectivity index (χ0n) is 11.7. The summed E-state index contributed by atoms with van der Waals surface area (Å²) in [4.78, 5) is 13.4. The Bertz CT molecular complexity index is 595. The lowest BCUT2D eigenvalue weighted by Crippen LogP contribution is -2.23. The van der Waals surface area contributed by atoms with Crippen LogP contribution in [0, 0.1) is 0 Å². The Morgan fingerprint density at radius 2 is 1.85 bits per heavy atom. The number of hydrogen-bond donors (Lipinski definition) is 1. The first-order chi connectivity index (χ1) is 9.56. The van der Waals surface area contributed by atoms with Crippen LogP contribution in [0.5, 0.6) is 11.5 Å². The Balaban J connectivity index is 2.26. The number of benzene rings is 2. The molecule has 0 unspecified atom stereocenters. The van der Waals surface area contributed by atoms with E-state index in [4.69, 9.17) is 10.5 Å². The van der Waals surface area contributed by atoms with Crippen molar-refractivity contribution in [3.8, 4) is 11.5 Å². The van der Waals surface area contributed by atoms with Crippen LogP contribution in [0.1, 0.15) is 5.56 Å². The fraction of sp³-hybridized carbons (Fsp3) is 0.188. The van der Waals surface area contributed by atoms with Crippen molar-refractivity contribution in [3.05, 3.63) is 54.1 Å². The molecule has 0 atom stereocenters. The van der Waals surface area contributed by atoms with Crippen LogP contribution < -0.4 is 10.5 Å². The van der Waals surface area contributed by atoms with Crippen LogP contribution >= 0.6 is 0 Å². The third-order valence-corrected chi connectivity index (χ3v) is 2.90. The largest absolute Gasteiger partial charge is 0.457 e. The van der Waals surface area contributed by atoms with Gasteiger partial charge in [0.25, 0.3) is 0 Å². The summed E-state index contributed by atoms with van der Waals surface area (Å²) in [6.45, 7) is 0. The van der Waals surface area contributed by atoms with Crippen LogP contribution in [0.4, 0.5) is 5.69 Å². The summed E-state index contributed by atoms with van der Waals surface area (Å²) in [5.41, 5.74) is 7.19. The number of hydrogen-bond acceptors (Lipinski definition) is 3. The number of nitrogen functional groups attached to an aromatic ring is 1. The maximum atomic E-state index is 11.9. The molecule has 2 aromatic carbocycles. The van der Waals surface area contributed by atoms with Crippen molar-refractivity contribution in [2.75, 3.05) is 19.8 Å². The van der Waals surface area contributed by atoms with E-state index < -0.39 is 0 Å². The van der Waals surface area contributed by atoms with Gasteiger partial charge in [0.1, 0.15) is 11.5 Å². The fourth-order valence-electron chi connectivity index (χ4n) is 1.77. The van der Waals surface area contributed by atoms with Crippen molar-refractivity contribution in [2.45, 2.75) is 6.42 Å².